The fourth-order valence-electron chi connectivity index (χ4n) is 4.05. The summed E-state index contributed by atoms with van der Waals surface area (Å²) < 4.78 is 10.9. The molecule has 1 fully saturated rings. The van der Waals surface area contributed by atoms with Crippen LogP contribution in [-0.4, -0.2) is 48.4 Å². The molecule has 0 aromatic heterocycles. The van der Waals surface area contributed by atoms with Gasteiger partial charge in [0.1, 0.15) is 12.2 Å². The minimum Gasteiger partial charge on any atom is -0.444 e. The van der Waals surface area contributed by atoms with Gasteiger partial charge in [-0.25, -0.2) is 9.59 Å². The Morgan fingerprint density at radius 1 is 1.03 bits per heavy atom. The number of nitrogens with zero attached hydrogens (tertiary/aromatic N) is 2. The molecule has 2 aromatic rings. The second-order valence-electron chi connectivity index (χ2n) is 10.4. The molecule has 1 heterocycles. The second kappa shape index (κ2) is 12.5. The standard InChI is InChI=1S/C29H39N3O4/c1-22(2)15-20-32(26-16-18-31(19-17-26)28(34)36-29(3,4)5)25-13-11-24(12-14-25)30-27(33)35-21-23-9-7-6-8-10-23/h6-15,26H,16-21H2,1-5H3,(H,30,33). The smallest absolute Gasteiger partial charge is 0.411 e. The van der Waals surface area contributed by atoms with Gasteiger partial charge >= 0.3 is 12.2 Å². The van der Waals surface area contributed by atoms with Crippen molar-refractivity contribution in [3.8, 4) is 0 Å². The molecule has 0 bridgehead atoms. The Hall–Kier alpha value is -3.48. The molecule has 194 valence electrons. The highest BCUT2D eigenvalue weighted by atomic mass is 16.6. The first kappa shape index (κ1) is 27.1. The molecular formula is C29H39N3O4. The van der Waals surface area contributed by atoms with Crippen LogP contribution >= 0.6 is 0 Å². The highest BCUT2D eigenvalue weighted by molar-refractivity contribution is 5.84. The van der Waals surface area contributed by atoms with Crippen LogP contribution in [0, 0.1) is 0 Å². The van der Waals surface area contributed by atoms with Crippen LogP contribution in [0.5, 0.6) is 0 Å². The maximum Gasteiger partial charge on any atom is 0.411 e. The number of amides is 2. The summed E-state index contributed by atoms with van der Waals surface area (Å²) in [7, 11) is 0. The van der Waals surface area contributed by atoms with E-state index in [-0.39, 0.29) is 12.7 Å². The van der Waals surface area contributed by atoms with Gasteiger partial charge in [-0.3, -0.25) is 5.32 Å². The summed E-state index contributed by atoms with van der Waals surface area (Å²) in [5.41, 5.74) is 3.46. The van der Waals surface area contributed by atoms with E-state index in [1.54, 1.807) is 4.90 Å². The molecule has 0 radical (unpaired) electrons. The zero-order valence-electron chi connectivity index (χ0n) is 22.1. The molecule has 36 heavy (non-hydrogen) atoms. The van der Waals surface area contributed by atoms with Crippen molar-refractivity contribution in [2.45, 2.75) is 65.7 Å². The average molecular weight is 494 g/mol. The normalized spacial score (nSPS) is 14.1. The maximum atomic E-state index is 12.5. The number of likely N-dealkylation sites (tertiary alicyclic amines) is 1. The van der Waals surface area contributed by atoms with E-state index in [9.17, 15) is 9.59 Å². The molecule has 7 heteroatoms. The number of allylic oxidation sites excluding steroid dienone is 1. The van der Waals surface area contributed by atoms with E-state index in [0.29, 0.717) is 24.8 Å². The van der Waals surface area contributed by atoms with Gasteiger partial charge in [-0.2, -0.15) is 0 Å². The van der Waals surface area contributed by atoms with Gasteiger partial charge < -0.3 is 19.3 Å². The van der Waals surface area contributed by atoms with E-state index in [0.717, 1.165) is 30.6 Å². The van der Waals surface area contributed by atoms with E-state index < -0.39 is 11.7 Å². The molecule has 1 aliphatic heterocycles. The van der Waals surface area contributed by atoms with E-state index in [4.69, 9.17) is 9.47 Å². The van der Waals surface area contributed by atoms with Crippen LogP contribution in [0.1, 0.15) is 53.0 Å². The lowest BCUT2D eigenvalue weighted by Crippen LogP contribution is -2.48. The number of carbonyl (C=O) groups excluding carboxylic acids is 2. The Bertz CT molecular complexity index is 1020. The lowest BCUT2D eigenvalue weighted by atomic mass is 10.0. The van der Waals surface area contributed by atoms with Crippen LogP contribution in [-0.2, 0) is 16.1 Å². The summed E-state index contributed by atoms with van der Waals surface area (Å²) in [5.74, 6) is 0. The molecular weight excluding hydrogens is 454 g/mol. The predicted octanol–water partition coefficient (Wildman–Crippen LogP) is 6.61. The quantitative estimate of drug-likeness (QED) is 0.440. The van der Waals surface area contributed by atoms with Crippen molar-refractivity contribution in [1.82, 2.24) is 4.90 Å². The summed E-state index contributed by atoms with van der Waals surface area (Å²) in [4.78, 5) is 28.8. The zero-order chi connectivity index (χ0) is 26.1. The number of ether oxygens (including phenoxy) is 2. The number of hydrogen-bond acceptors (Lipinski definition) is 5. The van der Waals surface area contributed by atoms with Gasteiger partial charge in [0, 0.05) is 37.1 Å². The van der Waals surface area contributed by atoms with Crippen molar-refractivity contribution in [1.29, 1.82) is 0 Å². The van der Waals surface area contributed by atoms with Crippen LogP contribution in [0.3, 0.4) is 0 Å². The van der Waals surface area contributed by atoms with Crippen molar-refractivity contribution >= 4 is 23.6 Å². The number of piperidine rings is 1. The van der Waals surface area contributed by atoms with Gasteiger partial charge in [0.2, 0.25) is 0 Å². The SMILES string of the molecule is CC(C)=CCN(c1ccc(NC(=O)OCc2ccccc2)cc1)C1CCN(C(=O)OC(C)(C)C)CC1. The topological polar surface area (TPSA) is 71.1 Å². The van der Waals surface area contributed by atoms with E-state index in [1.807, 2.05) is 75.4 Å². The maximum absolute atomic E-state index is 12.5. The third kappa shape index (κ3) is 8.63. The van der Waals surface area contributed by atoms with E-state index >= 15 is 0 Å². The van der Waals surface area contributed by atoms with Crippen molar-refractivity contribution in [2.24, 2.45) is 0 Å². The molecule has 2 amide bonds. The predicted molar refractivity (Wildman–Crippen MR) is 144 cm³/mol. The summed E-state index contributed by atoms with van der Waals surface area (Å²) in [6.45, 7) is 12.2. The molecule has 1 N–H and O–H groups in total. The Morgan fingerprint density at radius 3 is 2.25 bits per heavy atom. The van der Waals surface area contributed by atoms with Gasteiger partial charge in [-0.15, -0.1) is 0 Å². The van der Waals surface area contributed by atoms with Crippen LogP contribution in [0.2, 0.25) is 0 Å². The fourth-order valence-corrected chi connectivity index (χ4v) is 4.05. The molecule has 7 nitrogen and oxygen atoms in total. The Morgan fingerprint density at radius 2 is 1.67 bits per heavy atom. The number of nitrogens with one attached hydrogen (secondary N) is 1. The molecule has 0 spiro atoms. The number of rotatable bonds is 7. The van der Waals surface area contributed by atoms with Crippen LogP contribution in [0.4, 0.5) is 21.0 Å². The molecule has 0 saturated carbocycles. The van der Waals surface area contributed by atoms with Gasteiger partial charge in [0.15, 0.2) is 0 Å². The van der Waals surface area contributed by atoms with Crippen molar-refractivity contribution < 1.29 is 19.1 Å². The van der Waals surface area contributed by atoms with Crippen molar-refractivity contribution in [2.75, 3.05) is 29.9 Å². The summed E-state index contributed by atoms with van der Waals surface area (Å²) >= 11 is 0. The van der Waals surface area contributed by atoms with Crippen LogP contribution < -0.4 is 10.2 Å². The summed E-state index contributed by atoms with van der Waals surface area (Å²) in [6, 6.07) is 17.7. The first-order valence-electron chi connectivity index (χ1n) is 12.6. The Labute approximate surface area is 215 Å². The molecule has 1 aliphatic rings. The lowest BCUT2D eigenvalue weighted by Gasteiger charge is -2.39. The van der Waals surface area contributed by atoms with Gasteiger partial charge in [0.05, 0.1) is 0 Å². The Kier molecular flexibility index (Phi) is 9.39. The lowest BCUT2D eigenvalue weighted by molar-refractivity contribution is 0.0205. The third-order valence-electron chi connectivity index (χ3n) is 5.91. The van der Waals surface area contributed by atoms with Crippen LogP contribution in [0.15, 0.2) is 66.2 Å². The summed E-state index contributed by atoms with van der Waals surface area (Å²) in [5, 5.41) is 2.80. The molecule has 0 atom stereocenters. The minimum atomic E-state index is -0.493. The molecule has 0 aliphatic carbocycles. The first-order valence-corrected chi connectivity index (χ1v) is 12.6. The third-order valence-corrected chi connectivity index (χ3v) is 5.91. The fraction of sp³-hybridized carbons (Fsp3) is 0.448. The summed E-state index contributed by atoms with van der Waals surface area (Å²) in [6.07, 6.45) is 3.21. The van der Waals surface area contributed by atoms with E-state index in [2.05, 4.69) is 30.1 Å². The number of benzene rings is 2. The number of anilines is 2. The minimum absolute atomic E-state index is 0.225. The number of hydrogen-bond donors (Lipinski definition) is 1. The van der Waals surface area contributed by atoms with Gasteiger partial charge in [-0.1, -0.05) is 42.0 Å². The van der Waals surface area contributed by atoms with Crippen molar-refractivity contribution in [3.05, 3.63) is 71.8 Å². The van der Waals surface area contributed by atoms with Gasteiger partial charge in [-0.05, 0) is 77.3 Å². The van der Waals surface area contributed by atoms with E-state index in [1.165, 1.54) is 5.57 Å². The number of carbonyl (C=O) groups is 2. The molecule has 2 aromatic carbocycles. The molecule has 3 rings (SSSR count). The Balaban J connectivity index is 1.60. The highest BCUT2D eigenvalue weighted by Crippen LogP contribution is 2.26. The van der Waals surface area contributed by atoms with Gasteiger partial charge in [0.25, 0.3) is 0 Å². The largest absolute Gasteiger partial charge is 0.444 e. The molecule has 0 unspecified atom stereocenters. The average Bonchev–Trinajstić information content (AvgIpc) is 2.83. The monoisotopic (exact) mass is 493 g/mol. The second-order valence-corrected chi connectivity index (χ2v) is 10.4. The highest BCUT2D eigenvalue weighted by Gasteiger charge is 2.29. The first-order chi connectivity index (χ1) is 17.1. The molecule has 1 saturated heterocycles. The van der Waals surface area contributed by atoms with Crippen LogP contribution in [0.25, 0.3) is 0 Å². The zero-order valence-corrected chi connectivity index (χ0v) is 22.1. The van der Waals surface area contributed by atoms with Crippen molar-refractivity contribution in [3.63, 3.8) is 0 Å².